The van der Waals surface area contributed by atoms with Crippen molar-refractivity contribution in [1.82, 2.24) is 5.32 Å². The summed E-state index contributed by atoms with van der Waals surface area (Å²) in [7, 11) is 0. The molecule has 0 radical (unpaired) electrons. The Morgan fingerprint density at radius 1 is 0.458 bits per heavy atom. The van der Waals surface area contributed by atoms with Crippen molar-refractivity contribution in [3.8, 4) is 0 Å². The van der Waals surface area contributed by atoms with Gasteiger partial charge in [-0.05, 0) is 20.8 Å². The second kappa shape index (κ2) is 36.3. The number of esters is 1. The van der Waals surface area contributed by atoms with Crippen molar-refractivity contribution in [1.29, 1.82) is 0 Å². The molecule has 0 aliphatic rings. The molecule has 0 aromatic heterocycles. The normalized spacial score (nSPS) is 11.5. The number of amides is 1. The minimum absolute atomic E-state index is 0.193. The molecular weight excluding hydrogens is 638 g/mol. The third-order valence-corrected chi connectivity index (χ3v) is 5.27. The average molecular weight is 700 g/mol. The maximum absolute atomic E-state index is 11.5. The highest BCUT2D eigenvalue weighted by molar-refractivity contribution is 5.81. The van der Waals surface area contributed by atoms with Crippen LogP contribution in [0.25, 0.3) is 0 Å². The first-order valence-corrected chi connectivity index (χ1v) is 16.5. The largest absolute Gasteiger partial charge is 0.460 e. The van der Waals surface area contributed by atoms with Gasteiger partial charge in [0.05, 0.1) is 145 Å². The van der Waals surface area contributed by atoms with Gasteiger partial charge in [-0.25, -0.2) is 9.59 Å². The zero-order valence-electron chi connectivity index (χ0n) is 29.4. The fraction of sp³-hybridized carbons (Fsp3) is 0.875. The van der Waals surface area contributed by atoms with Gasteiger partial charge in [0.2, 0.25) is 0 Å². The van der Waals surface area contributed by atoms with E-state index in [0.29, 0.717) is 152 Å². The van der Waals surface area contributed by atoms with E-state index in [1.807, 2.05) is 20.8 Å². The quantitative estimate of drug-likeness (QED) is 0.0562. The van der Waals surface area contributed by atoms with Gasteiger partial charge in [-0.15, -0.1) is 0 Å². The highest BCUT2D eigenvalue weighted by Crippen LogP contribution is 2.06. The highest BCUT2D eigenvalue weighted by atomic mass is 16.6. The Morgan fingerprint density at radius 3 is 0.958 bits per heavy atom. The molecule has 284 valence electrons. The van der Waals surface area contributed by atoms with Crippen LogP contribution < -0.4 is 5.32 Å². The lowest BCUT2D eigenvalue weighted by atomic mass is 10.2. The minimum atomic E-state index is -0.515. The first-order valence-electron chi connectivity index (χ1n) is 16.5. The van der Waals surface area contributed by atoms with Gasteiger partial charge in [0, 0.05) is 12.6 Å². The smallest absolute Gasteiger partial charge is 0.407 e. The molecule has 0 heterocycles. The summed E-state index contributed by atoms with van der Waals surface area (Å²) in [5.74, 6) is -0.463. The summed E-state index contributed by atoms with van der Waals surface area (Å²) in [6.45, 7) is 19.4. The molecule has 16 heteroatoms. The van der Waals surface area contributed by atoms with Crippen LogP contribution in [0.15, 0.2) is 12.7 Å². The van der Waals surface area contributed by atoms with Crippen LogP contribution in [0.3, 0.4) is 0 Å². The van der Waals surface area contributed by atoms with Crippen LogP contribution in [0.5, 0.6) is 0 Å². The van der Waals surface area contributed by atoms with Gasteiger partial charge < -0.3 is 66.9 Å². The third kappa shape index (κ3) is 40.2. The Labute approximate surface area is 286 Å². The first-order chi connectivity index (χ1) is 23.3. The second-order valence-corrected chi connectivity index (χ2v) is 10.5. The number of hydrogen-bond acceptors (Lipinski definition) is 15. The molecule has 16 nitrogen and oxygen atoms in total. The van der Waals surface area contributed by atoms with Crippen molar-refractivity contribution in [3.63, 3.8) is 0 Å². The molecule has 1 amide bonds. The number of carbonyl (C=O) groups excluding carboxylic acids is 2. The van der Waals surface area contributed by atoms with Crippen LogP contribution >= 0.6 is 0 Å². The molecule has 0 aliphatic carbocycles. The van der Waals surface area contributed by atoms with Crippen LogP contribution in [0.1, 0.15) is 20.8 Å². The van der Waals surface area contributed by atoms with Crippen LogP contribution in [0.4, 0.5) is 4.79 Å². The molecule has 0 aromatic rings. The summed E-state index contributed by atoms with van der Waals surface area (Å²) in [6.07, 6.45) is 0.655. The lowest BCUT2D eigenvalue weighted by molar-refractivity contribution is -0.139. The summed E-state index contributed by atoms with van der Waals surface area (Å²) >= 11 is 0. The molecule has 0 aromatic carbocycles. The Morgan fingerprint density at radius 2 is 0.708 bits per heavy atom. The maximum Gasteiger partial charge on any atom is 0.407 e. The summed E-state index contributed by atoms with van der Waals surface area (Å²) in [5, 5.41) is 2.63. The standard InChI is InChI=1S/C32H61NO15/c1-5-30(34)47-29-28-46-27-26-45-25-24-44-23-22-43-21-20-42-19-18-41-17-16-40-15-14-39-13-12-38-11-10-37-9-8-36-7-6-33-31(35)48-32(2,3)4/h5H,1,6-29H2,2-4H3,(H,33,35). The molecule has 48 heavy (non-hydrogen) atoms. The Hall–Kier alpha value is -1.96. The van der Waals surface area contributed by atoms with Gasteiger partial charge in [-0.3, -0.25) is 0 Å². The molecule has 0 atom stereocenters. The molecule has 0 bridgehead atoms. The highest BCUT2D eigenvalue weighted by Gasteiger charge is 2.15. The third-order valence-electron chi connectivity index (χ3n) is 5.27. The van der Waals surface area contributed by atoms with Gasteiger partial charge in [0.15, 0.2) is 0 Å². The van der Waals surface area contributed by atoms with E-state index in [1.165, 1.54) is 0 Å². The average Bonchev–Trinajstić information content (AvgIpc) is 3.05. The molecule has 0 saturated carbocycles. The van der Waals surface area contributed by atoms with E-state index in [2.05, 4.69) is 11.9 Å². The first kappa shape index (κ1) is 46.0. The van der Waals surface area contributed by atoms with Crippen LogP contribution in [-0.4, -0.2) is 176 Å². The van der Waals surface area contributed by atoms with E-state index < -0.39 is 17.7 Å². The van der Waals surface area contributed by atoms with E-state index in [9.17, 15) is 9.59 Å². The molecular formula is C32H61NO15. The molecule has 0 unspecified atom stereocenters. The van der Waals surface area contributed by atoms with Gasteiger partial charge in [-0.1, -0.05) is 6.58 Å². The summed E-state index contributed by atoms with van der Waals surface area (Å²) in [4.78, 5) is 22.3. The van der Waals surface area contributed by atoms with Gasteiger partial charge in [0.25, 0.3) is 0 Å². The van der Waals surface area contributed by atoms with Crippen molar-refractivity contribution in [3.05, 3.63) is 12.7 Å². The van der Waals surface area contributed by atoms with Crippen molar-refractivity contribution >= 4 is 12.1 Å². The van der Waals surface area contributed by atoms with E-state index in [1.54, 1.807) is 0 Å². The second-order valence-electron chi connectivity index (χ2n) is 10.5. The molecule has 0 saturated heterocycles. The van der Waals surface area contributed by atoms with Crippen molar-refractivity contribution < 1.29 is 71.2 Å². The number of carbonyl (C=O) groups is 2. The fourth-order valence-electron chi connectivity index (χ4n) is 3.10. The fourth-order valence-corrected chi connectivity index (χ4v) is 3.10. The molecule has 0 rings (SSSR count). The predicted molar refractivity (Wildman–Crippen MR) is 174 cm³/mol. The number of rotatable bonds is 37. The summed E-state index contributed by atoms with van der Waals surface area (Å²) in [5.41, 5.74) is -0.515. The summed E-state index contributed by atoms with van der Waals surface area (Å²) < 4.78 is 69.5. The van der Waals surface area contributed by atoms with E-state index >= 15 is 0 Å². The van der Waals surface area contributed by atoms with E-state index in [4.69, 9.17) is 61.6 Å². The predicted octanol–water partition coefficient (Wildman–Crippen LogP) is 1.42. The van der Waals surface area contributed by atoms with Crippen LogP contribution in [0, 0.1) is 0 Å². The number of alkyl carbamates (subject to hydrolysis) is 1. The zero-order chi connectivity index (χ0) is 35.2. The van der Waals surface area contributed by atoms with Gasteiger partial charge in [0.1, 0.15) is 12.2 Å². The summed E-state index contributed by atoms with van der Waals surface area (Å²) in [6, 6.07) is 0. The van der Waals surface area contributed by atoms with Gasteiger partial charge in [-0.2, -0.15) is 0 Å². The molecule has 1 N–H and O–H groups in total. The lowest BCUT2D eigenvalue weighted by Crippen LogP contribution is -2.34. The maximum atomic E-state index is 11.5. The SMILES string of the molecule is C=CC(=O)OCCOCCOCCOCCOCCOCCOCCOCCOCCOCCOCCOCCNC(=O)OC(C)(C)C. The molecule has 0 aliphatic heterocycles. The van der Waals surface area contributed by atoms with Crippen molar-refractivity contribution in [2.75, 3.05) is 159 Å². The molecule has 0 spiro atoms. The van der Waals surface area contributed by atoms with Crippen molar-refractivity contribution in [2.45, 2.75) is 26.4 Å². The van der Waals surface area contributed by atoms with Crippen LogP contribution in [0.2, 0.25) is 0 Å². The number of ether oxygens (including phenoxy) is 13. The van der Waals surface area contributed by atoms with Crippen LogP contribution in [-0.2, 0) is 66.4 Å². The zero-order valence-corrected chi connectivity index (χ0v) is 29.4. The topological polar surface area (TPSA) is 166 Å². The Kier molecular flexibility index (Phi) is 34.8. The Bertz CT molecular complexity index is 724. The lowest BCUT2D eigenvalue weighted by Gasteiger charge is -2.19. The molecule has 0 fully saturated rings. The Balaban J connectivity index is 3.11. The number of nitrogens with one attached hydrogen (secondary N) is 1. The van der Waals surface area contributed by atoms with E-state index in [-0.39, 0.29) is 6.61 Å². The van der Waals surface area contributed by atoms with Gasteiger partial charge >= 0.3 is 12.1 Å². The minimum Gasteiger partial charge on any atom is -0.460 e. The van der Waals surface area contributed by atoms with E-state index in [0.717, 1.165) is 6.08 Å². The number of hydrogen-bond donors (Lipinski definition) is 1. The van der Waals surface area contributed by atoms with Crippen molar-refractivity contribution in [2.24, 2.45) is 0 Å². The monoisotopic (exact) mass is 699 g/mol.